The second kappa shape index (κ2) is 4.58. The van der Waals surface area contributed by atoms with E-state index in [1.807, 2.05) is 20.8 Å². The molecule has 0 rings (SSSR count). The highest BCUT2D eigenvalue weighted by Crippen LogP contribution is 2.13. The van der Waals surface area contributed by atoms with E-state index in [2.05, 4.69) is 0 Å². The van der Waals surface area contributed by atoms with E-state index in [0.29, 0.717) is 6.61 Å². The molecule has 4 heteroatoms. The molecule has 0 unspecified atom stereocenters. The third-order valence-corrected chi connectivity index (χ3v) is 1.44. The zero-order chi connectivity index (χ0) is 10.6. The average molecular weight is 189 g/mol. The summed E-state index contributed by atoms with van der Waals surface area (Å²) in [6.45, 7) is 7.63. The molecule has 0 spiro atoms. The van der Waals surface area contributed by atoms with Gasteiger partial charge in [-0.2, -0.15) is 0 Å². The fourth-order valence-electron chi connectivity index (χ4n) is 0.581. The predicted molar refractivity (Wildman–Crippen MR) is 50.1 cm³/mol. The van der Waals surface area contributed by atoms with Crippen molar-refractivity contribution in [3.8, 4) is 0 Å². The lowest BCUT2D eigenvalue weighted by atomic mass is 9.99. The Balaban J connectivity index is 3.89. The Labute approximate surface area is 79.1 Å². The standard InChI is InChI=1S/C9H19NO3/c1-6(11)7(10)8(12)13-5-9(2,3)4/h6-7,11H,5,10H2,1-4H3/t6-,7+/m1/s1. The summed E-state index contributed by atoms with van der Waals surface area (Å²) >= 11 is 0. The minimum Gasteiger partial charge on any atom is -0.464 e. The molecule has 0 aromatic carbocycles. The van der Waals surface area contributed by atoms with Gasteiger partial charge in [-0.25, -0.2) is 0 Å². The Morgan fingerprint density at radius 3 is 2.31 bits per heavy atom. The highest BCUT2D eigenvalue weighted by atomic mass is 16.5. The molecule has 3 N–H and O–H groups in total. The molecule has 0 aliphatic rings. The van der Waals surface area contributed by atoms with E-state index in [-0.39, 0.29) is 5.41 Å². The lowest BCUT2D eigenvalue weighted by molar-refractivity contribution is -0.150. The summed E-state index contributed by atoms with van der Waals surface area (Å²) in [6.07, 6.45) is -0.868. The van der Waals surface area contributed by atoms with Crippen LogP contribution in [0.5, 0.6) is 0 Å². The van der Waals surface area contributed by atoms with Crippen LogP contribution in [0.2, 0.25) is 0 Å². The van der Waals surface area contributed by atoms with Crippen molar-refractivity contribution in [1.29, 1.82) is 0 Å². The van der Waals surface area contributed by atoms with E-state index in [9.17, 15) is 4.79 Å². The minimum absolute atomic E-state index is 0.0753. The summed E-state index contributed by atoms with van der Waals surface area (Å²) in [5.74, 6) is -0.551. The molecule has 0 aromatic heterocycles. The number of carbonyl (C=O) groups excluding carboxylic acids is 1. The van der Waals surface area contributed by atoms with Crippen LogP contribution in [-0.4, -0.2) is 29.8 Å². The van der Waals surface area contributed by atoms with Crippen LogP contribution in [0.3, 0.4) is 0 Å². The molecule has 0 aliphatic heterocycles. The molecule has 4 nitrogen and oxygen atoms in total. The summed E-state index contributed by atoms with van der Waals surface area (Å²) in [6, 6.07) is -0.942. The fourth-order valence-corrected chi connectivity index (χ4v) is 0.581. The Hall–Kier alpha value is -0.610. The predicted octanol–water partition coefficient (Wildman–Crippen LogP) is 0.284. The second-order valence-corrected chi connectivity index (χ2v) is 4.43. The Bertz CT molecular complexity index is 172. The molecule has 0 heterocycles. The van der Waals surface area contributed by atoms with Gasteiger partial charge in [0.15, 0.2) is 0 Å². The topological polar surface area (TPSA) is 72.5 Å². The number of aliphatic hydroxyl groups is 1. The van der Waals surface area contributed by atoms with Crippen molar-refractivity contribution < 1.29 is 14.6 Å². The first-order chi connectivity index (χ1) is 5.74. The van der Waals surface area contributed by atoms with Crippen molar-refractivity contribution in [2.24, 2.45) is 11.1 Å². The number of esters is 1. The first kappa shape index (κ1) is 12.4. The molecule has 2 atom stereocenters. The molecule has 0 saturated heterocycles. The molecular weight excluding hydrogens is 170 g/mol. The Morgan fingerprint density at radius 2 is 2.00 bits per heavy atom. The molecule has 0 amide bonds. The van der Waals surface area contributed by atoms with Crippen molar-refractivity contribution >= 4 is 5.97 Å². The third-order valence-electron chi connectivity index (χ3n) is 1.44. The Kier molecular flexibility index (Phi) is 4.36. The minimum atomic E-state index is -0.942. The number of nitrogens with two attached hydrogens (primary N) is 1. The fraction of sp³-hybridized carbons (Fsp3) is 0.889. The molecular formula is C9H19NO3. The van der Waals surface area contributed by atoms with Gasteiger partial charge < -0.3 is 15.6 Å². The van der Waals surface area contributed by atoms with Crippen LogP contribution in [0.4, 0.5) is 0 Å². The summed E-state index contributed by atoms with van der Waals surface area (Å²) < 4.78 is 4.91. The van der Waals surface area contributed by atoms with E-state index >= 15 is 0 Å². The zero-order valence-corrected chi connectivity index (χ0v) is 8.70. The average Bonchev–Trinajstić information content (AvgIpc) is 1.97. The van der Waals surface area contributed by atoms with Gasteiger partial charge in [0.25, 0.3) is 0 Å². The highest BCUT2D eigenvalue weighted by Gasteiger charge is 2.22. The number of carbonyl (C=O) groups is 1. The maximum absolute atomic E-state index is 11.1. The number of ether oxygens (including phenoxy) is 1. The summed E-state index contributed by atoms with van der Waals surface area (Å²) in [5.41, 5.74) is 5.29. The monoisotopic (exact) mass is 189 g/mol. The molecule has 0 fully saturated rings. The van der Waals surface area contributed by atoms with E-state index < -0.39 is 18.1 Å². The molecule has 13 heavy (non-hydrogen) atoms. The number of hydrogen-bond donors (Lipinski definition) is 2. The van der Waals surface area contributed by atoms with Gasteiger partial charge in [0, 0.05) is 0 Å². The number of aliphatic hydroxyl groups excluding tert-OH is 1. The summed E-state index contributed by atoms with van der Waals surface area (Å²) in [4.78, 5) is 11.1. The lowest BCUT2D eigenvalue weighted by Crippen LogP contribution is -2.42. The van der Waals surface area contributed by atoms with Gasteiger partial charge in [-0.05, 0) is 12.3 Å². The van der Waals surface area contributed by atoms with Crippen molar-refractivity contribution in [3.63, 3.8) is 0 Å². The molecule has 0 bridgehead atoms. The first-order valence-corrected chi connectivity index (χ1v) is 4.34. The largest absolute Gasteiger partial charge is 0.464 e. The van der Waals surface area contributed by atoms with E-state index in [1.54, 1.807) is 0 Å². The van der Waals surface area contributed by atoms with Crippen molar-refractivity contribution in [2.75, 3.05) is 6.61 Å². The van der Waals surface area contributed by atoms with E-state index in [1.165, 1.54) is 6.92 Å². The van der Waals surface area contributed by atoms with E-state index in [4.69, 9.17) is 15.6 Å². The van der Waals surface area contributed by atoms with Gasteiger partial charge in [0.05, 0.1) is 12.7 Å². The zero-order valence-electron chi connectivity index (χ0n) is 8.70. The number of rotatable bonds is 3. The Morgan fingerprint density at radius 1 is 1.54 bits per heavy atom. The summed E-state index contributed by atoms with van der Waals surface area (Å²) in [7, 11) is 0. The number of hydrogen-bond acceptors (Lipinski definition) is 4. The quantitative estimate of drug-likeness (QED) is 0.626. The van der Waals surface area contributed by atoms with Crippen LogP contribution >= 0.6 is 0 Å². The lowest BCUT2D eigenvalue weighted by Gasteiger charge is -2.20. The normalized spacial score (nSPS) is 16.5. The van der Waals surface area contributed by atoms with Crippen LogP contribution in [-0.2, 0) is 9.53 Å². The van der Waals surface area contributed by atoms with Gasteiger partial charge in [0.1, 0.15) is 6.04 Å². The third kappa shape index (κ3) is 5.60. The molecule has 0 aromatic rings. The maximum Gasteiger partial charge on any atom is 0.325 e. The maximum atomic E-state index is 11.1. The van der Waals surface area contributed by atoms with Crippen LogP contribution in [0.25, 0.3) is 0 Å². The van der Waals surface area contributed by atoms with Crippen LogP contribution in [0, 0.1) is 5.41 Å². The van der Waals surface area contributed by atoms with Crippen LogP contribution in [0.1, 0.15) is 27.7 Å². The first-order valence-electron chi connectivity index (χ1n) is 4.34. The molecule has 0 aliphatic carbocycles. The highest BCUT2D eigenvalue weighted by molar-refractivity contribution is 5.76. The summed E-state index contributed by atoms with van der Waals surface area (Å²) in [5, 5.41) is 8.99. The van der Waals surface area contributed by atoms with Gasteiger partial charge in [-0.3, -0.25) is 4.79 Å². The van der Waals surface area contributed by atoms with Crippen LogP contribution in [0.15, 0.2) is 0 Å². The van der Waals surface area contributed by atoms with Crippen molar-refractivity contribution in [3.05, 3.63) is 0 Å². The van der Waals surface area contributed by atoms with Gasteiger partial charge in [-0.1, -0.05) is 20.8 Å². The van der Waals surface area contributed by atoms with E-state index in [0.717, 1.165) is 0 Å². The van der Waals surface area contributed by atoms with Crippen molar-refractivity contribution in [2.45, 2.75) is 39.8 Å². The molecule has 0 radical (unpaired) electrons. The molecule has 78 valence electrons. The van der Waals surface area contributed by atoms with Crippen LogP contribution < -0.4 is 5.73 Å². The second-order valence-electron chi connectivity index (χ2n) is 4.43. The van der Waals surface area contributed by atoms with Gasteiger partial charge in [0.2, 0.25) is 0 Å². The van der Waals surface area contributed by atoms with Crippen molar-refractivity contribution in [1.82, 2.24) is 0 Å². The molecule has 0 saturated carbocycles. The smallest absolute Gasteiger partial charge is 0.325 e. The van der Waals surface area contributed by atoms with Gasteiger partial charge >= 0.3 is 5.97 Å². The SMILES string of the molecule is C[C@@H](O)[C@H](N)C(=O)OCC(C)(C)C. The van der Waals surface area contributed by atoms with Gasteiger partial charge in [-0.15, -0.1) is 0 Å².